The number of halogens is 1. The van der Waals surface area contributed by atoms with E-state index in [0.717, 1.165) is 11.2 Å². The van der Waals surface area contributed by atoms with Crippen molar-refractivity contribution in [1.29, 1.82) is 0 Å². The van der Waals surface area contributed by atoms with Gasteiger partial charge in [-0.05, 0) is 48.9 Å². The fourth-order valence-corrected chi connectivity index (χ4v) is 2.94. The maximum absolute atomic E-state index is 13.6. The van der Waals surface area contributed by atoms with E-state index in [1.54, 1.807) is 48.8 Å². The molecular weight excluding hydrogens is 361 g/mol. The van der Waals surface area contributed by atoms with E-state index in [1.807, 2.05) is 6.92 Å². The summed E-state index contributed by atoms with van der Waals surface area (Å²) in [6, 6.07) is 13.0. The number of H-pyrrole nitrogens is 1. The van der Waals surface area contributed by atoms with Crippen LogP contribution in [0.15, 0.2) is 60.9 Å². The number of aromatic nitrogens is 3. The van der Waals surface area contributed by atoms with Crippen LogP contribution >= 0.6 is 0 Å². The van der Waals surface area contributed by atoms with Crippen molar-refractivity contribution in [3.05, 3.63) is 78.0 Å². The molecule has 7 heteroatoms. The van der Waals surface area contributed by atoms with E-state index >= 15 is 0 Å². The van der Waals surface area contributed by atoms with Gasteiger partial charge in [0.2, 0.25) is 0 Å². The topological polar surface area (TPSA) is 77.1 Å². The lowest BCUT2D eigenvalue weighted by Gasteiger charge is -2.07. The molecule has 0 aliphatic heterocycles. The number of aryl methyl sites for hydroxylation is 1. The maximum Gasteiger partial charge on any atom is 0.321 e. The predicted molar refractivity (Wildman–Crippen MR) is 101 cm³/mol. The van der Waals surface area contributed by atoms with E-state index in [4.69, 9.17) is 9.47 Å². The number of hydrogen-bond donors (Lipinski definition) is 1. The predicted octanol–water partition coefficient (Wildman–Crippen LogP) is 4.35. The zero-order valence-electron chi connectivity index (χ0n) is 15.0. The minimum absolute atomic E-state index is 0.0160. The van der Waals surface area contributed by atoms with Crippen LogP contribution in [0.4, 0.5) is 4.39 Å². The van der Waals surface area contributed by atoms with Crippen molar-refractivity contribution in [3.8, 4) is 17.5 Å². The molecule has 0 bridgehead atoms. The fourth-order valence-electron chi connectivity index (χ4n) is 2.94. The van der Waals surface area contributed by atoms with E-state index in [-0.39, 0.29) is 18.2 Å². The molecule has 0 unspecified atom stereocenters. The van der Waals surface area contributed by atoms with Gasteiger partial charge >= 0.3 is 12.0 Å². The highest BCUT2D eigenvalue weighted by atomic mass is 19.1. The highest BCUT2D eigenvalue weighted by Crippen LogP contribution is 2.26. The molecule has 1 N–H and O–H groups in total. The zero-order chi connectivity index (χ0) is 19.5. The van der Waals surface area contributed by atoms with E-state index in [0.29, 0.717) is 22.4 Å². The lowest BCUT2D eigenvalue weighted by atomic mass is 10.1. The Morgan fingerprint density at radius 3 is 2.68 bits per heavy atom. The number of carbonyl (C=O) groups excluding carboxylic acids is 1. The largest absolute Gasteiger partial charge is 0.426 e. The van der Waals surface area contributed by atoms with Gasteiger partial charge in [-0.1, -0.05) is 6.07 Å². The Bertz CT molecular complexity index is 1140. The van der Waals surface area contributed by atoms with Crippen LogP contribution < -0.4 is 9.47 Å². The summed E-state index contributed by atoms with van der Waals surface area (Å²) in [5, 5.41) is 0.674. The first-order chi connectivity index (χ1) is 13.6. The molecule has 0 spiro atoms. The summed E-state index contributed by atoms with van der Waals surface area (Å²) in [6.07, 6.45) is 3.15. The molecule has 0 aliphatic rings. The van der Waals surface area contributed by atoms with Gasteiger partial charge < -0.3 is 14.5 Å². The fraction of sp³-hybridized carbons (Fsp3) is 0.0952. The van der Waals surface area contributed by atoms with Crippen molar-refractivity contribution in [3.63, 3.8) is 0 Å². The summed E-state index contributed by atoms with van der Waals surface area (Å²) in [6.45, 7) is 1.84. The van der Waals surface area contributed by atoms with Crippen LogP contribution in [0.1, 0.15) is 11.3 Å². The second kappa shape index (κ2) is 7.48. The summed E-state index contributed by atoms with van der Waals surface area (Å²) in [5.41, 5.74) is 2.29. The third kappa shape index (κ3) is 3.83. The zero-order valence-corrected chi connectivity index (χ0v) is 15.0. The number of hydrogen-bond acceptors (Lipinski definition) is 5. The van der Waals surface area contributed by atoms with E-state index in [2.05, 4.69) is 15.0 Å². The van der Waals surface area contributed by atoms with Gasteiger partial charge in [0.15, 0.2) is 0 Å². The molecule has 4 rings (SSSR count). The van der Waals surface area contributed by atoms with Gasteiger partial charge in [-0.3, -0.25) is 4.79 Å². The third-order valence-electron chi connectivity index (χ3n) is 4.19. The van der Waals surface area contributed by atoms with E-state index < -0.39 is 5.97 Å². The van der Waals surface area contributed by atoms with Crippen molar-refractivity contribution in [2.45, 2.75) is 13.3 Å². The van der Waals surface area contributed by atoms with Crippen molar-refractivity contribution in [2.75, 3.05) is 0 Å². The van der Waals surface area contributed by atoms with Crippen LogP contribution in [0.5, 0.6) is 17.5 Å². The molecule has 4 aromatic rings. The normalized spacial score (nSPS) is 10.8. The molecule has 0 radical (unpaired) electrons. The summed E-state index contributed by atoms with van der Waals surface area (Å²) in [5.74, 6) is -0.0283. The first-order valence-corrected chi connectivity index (χ1v) is 8.61. The molecule has 0 fully saturated rings. The quantitative estimate of drug-likeness (QED) is 0.413. The summed E-state index contributed by atoms with van der Waals surface area (Å²) >= 11 is 0. The number of benzene rings is 2. The molecule has 2 aromatic heterocycles. The van der Waals surface area contributed by atoms with Gasteiger partial charge in [0.05, 0.1) is 6.42 Å². The monoisotopic (exact) mass is 377 g/mol. The van der Waals surface area contributed by atoms with Crippen LogP contribution in [0.2, 0.25) is 0 Å². The van der Waals surface area contributed by atoms with Gasteiger partial charge in [-0.15, -0.1) is 0 Å². The van der Waals surface area contributed by atoms with Gasteiger partial charge in [-0.25, -0.2) is 14.4 Å². The second-order valence-corrected chi connectivity index (χ2v) is 6.18. The Morgan fingerprint density at radius 1 is 1.07 bits per heavy atom. The van der Waals surface area contributed by atoms with Gasteiger partial charge in [0.25, 0.3) is 0 Å². The Hall–Kier alpha value is -3.74. The lowest BCUT2D eigenvalue weighted by Crippen LogP contribution is -2.11. The SMILES string of the molecule is Cc1[nH]c2ccc(F)cc2c1CC(=O)Oc1cccc(Oc2ncccn2)c1. The van der Waals surface area contributed by atoms with Crippen LogP contribution in [-0.4, -0.2) is 20.9 Å². The van der Waals surface area contributed by atoms with Crippen molar-refractivity contribution in [2.24, 2.45) is 0 Å². The van der Waals surface area contributed by atoms with Crippen molar-refractivity contribution < 1.29 is 18.7 Å². The minimum Gasteiger partial charge on any atom is -0.426 e. The Labute approximate surface area is 160 Å². The molecule has 0 saturated heterocycles. The summed E-state index contributed by atoms with van der Waals surface area (Å²) in [4.78, 5) is 23.6. The number of aromatic amines is 1. The number of carbonyl (C=O) groups is 1. The third-order valence-corrected chi connectivity index (χ3v) is 4.19. The number of esters is 1. The van der Waals surface area contributed by atoms with Crippen LogP contribution in [-0.2, 0) is 11.2 Å². The standard InChI is InChI=1S/C21H16FN3O3/c1-13-17(18-10-14(22)6-7-19(18)25-13)12-20(26)27-15-4-2-5-16(11-15)28-21-23-8-3-9-24-21/h2-11,25H,12H2,1H3. The lowest BCUT2D eigenvalue weighted by molar-refractivity contribution is -0.133. The van der Waals surface area contributed by atoms with Crippen LogP contribution in [0.25, 0.3) is 10.9 Å². The number of ether oxygens (including phenoxy) is 2. The first kappa shape index (κ1) is 17.7. The molecule has 0 saturated carbocycles. The molecule has 6 nitrogen and oxygen atoms in total. The minimum atomic E-state index is -0.457. The molecule has 0 amide bonds. The molecule has 2 heterocycles. The molecule has 140 valence electrons. The Balaban J connectivity index is 1.49. The Kier molecular flexibility index (Phi) is 4.72. The van der Waals surface area contributed by atoms with Crippen molar-refractivity contribution in [1.82, 2.24) is 15.0 Å². The summed E-state index contributed by atoms with van der Waals surface area (Å²) < 4.78 is 24.5. The second-order valence-electron chi connectivity index (χ2n) is 6.18. The molecule has 2 aromatic carbocycles. The Morgan fingerprint density at radius 2 is 1.86 bits per heavy atom. The number of fused-ring (bicyclic) bond motifs is 1. The average molecular weight is 377 g/mol. The number of nitrogens with zero attached hydrogens (tertiary/aromatic N) is 2. The smallest absolute Gasteiger partial charge is 0.321 e. The molecular formula is C21H16FN3O3. The van der Waals surface area contributed by atoms with E-state index in [9.17, 15) is 9.18 Å². The van der Waals surface area contributed by atoms with Gasteiger partial charge in [0.1, 0.15) is 17.3 Å². The highest BCUT2D eigenvalue weighted by molar-refractivity contribution is 5.89. The summed E-state index contributed by atoms with van der Waals surface area (Å²) in [7, 11) is 0. The van der Waals surface area contributed by atoms with Gasteiger partial charge in [-0.2, -0.15) is 0 Å². The van der Waals surface area contributed by atoms with Crippen LogP contribution in [0, 0.1) is 12.7 Å². The van der Waals surface area contributed by atoms with Gasteiger partial charge in [0, 0.05) is 35.1 Å². The van der Waals surface area contributed by atoms with Crippen LogP contribution in [0.3, 0.4) is 0 Å². The van der Waals surface area contributed by atoms with E-state index in [1.165, 1.54) is 12.1 Å². The maximum atomic E-state index is 13.6. The first-order valence-electron chi connectivity index (χ1n) is 8.61. The molecule has 0 atom stereocenters. The number of nitrogens with one attached hydrogen (secondary N) is 1. The highest BCUT2D eigenvalue weighted by Gasteiger charge is 2.15. The number of rotatable bonds is 5. The molecule has 0 aliphatic carbocycles. The molecule has 28 heavy (non-hydrogen) atoms. The van der Waals surface area contributed by atoms with Crippen molar-refractivity contribution >= 4 is 16.9 Å². The average Bonchev–Trinajstić information content (AvgIpc) is 2.98.